The second-order valence-corrected chi connectivity index (χ2v) is 5.10. The maximum absolute atomic E-state index is 14.4. The monoisotopic (exact) mass is 291 g/mol. The summed E-state index contributed by atoms with van der Waals surface area (Å²) in [5, 5.41) is 3.13. The normalized spacial score (nSPS) is 12.4. The summed E-state index contributed by atoms with van der Waals surface area (Å²) in [4.78, 5) is 8.43. The van der Waals surface area contributed by atoms with E-state index in [0.29, 0.717) is 17.9 Å². The molecule has 0 saturated heterocycles. The van der Waals surface area contributed by atoms with E-state index in [1.54, 1.807) is 19.3 Å². The topological polar surface area (TPSA) is 37.8 Å². The third-order valence-corrected chi connectivity index (χ3v) is 3.27. The number of nitrogens with zero attached hydrogens (tertiary/aromatic N) is 2. The van der Waals surface area contributed by atoms with Crippen LogP contribution in [0.4, 0.5) is 8.78 Å². The highest BCUT2D eigenvalue weighted by molar-refractivity contribution is 5.32. The third kappa shape index (κ3) is 3.42. The molecule has 2 aromatic rings. The fourth-order valence-electron chi connectivity index (χ4n) is 2.11. The second-order valence-electron chi connectivity index (χ2n) is 5.10. The van der Waals surface area contributed by atoms with E-state index >= 15 is 0 Å². The van der Waals surface area contributed by atoms with Crippen LogP contribution in [0.1, 0.15) is 41.9 Å². The summed E-state index contributed by atoms with van der Waals surface area (Å²) < 4.78 is 28.5. The average molecular weight is 291 g/mol. The quantitative estimate of drug-likeness (QED) is 0.916. The molecule has 0 spiro atoms. The van der Waals surface area contributed by atoms with Gasteiger partial charge in [-0.05, 0) is 44.0 Å². The van der Waals surface area contributed by atoms with E-state index in [2.05, 4.69) is 15.3 Å². The molecule has 3 nitrogen and oxygen atoms in total. The third-order valence-electron chi connectivity index (χ3n) is 3.27. The Hall–Kier alpha value is -1.88. The molecule has 0 saturated carbocycles. The second kappa shape index (κ2) is 6.72. The predicted octanol–water partition coefficient (Wildman–Crippen LogP) is 3.46. The van der Waals surface area contributed by atoms with Crippen molar-refractivity contribution in [2.24, 2.45) is 0 Å². The molecule has 2 rings (SSSR count). The summed E-state index contributed by atoms with van der Waals surface area (Å²) in [6.45, 7) is 6.09. The van der Waals surface area contributed by atoms with Gasteiger partial charge in [0.2, 0.25) is 0 Å². The van der Waals surface area contributed by atoms with E-state index < -0.39 is 17.7 Å². The zero-order valence-electron chi connectivity index (χ0n) is 12.5. The molecule has 0 bridgehead atoms. The van der Waals surface area contributed by atoms with Gasteiger partial charge < -0.3 is 5.32 Å². The van der Waals surface area contributed by atoms with Crippen molar-refractivity contribution >= 4 is 0 Å². The first kappa shape index (κ1) is 15.5. The number of hydrogen-bond acceptors (Lipinski definition) is 3. The van der Waals surface area contributed by atoms with Crippen LogP contribution in [0.5, 0.6) is 0 Å². The Labute approximate surface area is 123 Å². The first-order valence-electron chi connectivity index (χ1n) is 7.01. The molecule has 0 fully saturated rings. The Balaban J connectivity index is 2.50. The molecule has 21 heavy (non-hydrogen) atoms. The molecule has 1 unspecified atom stereocenters. The van der Waals surface area contributed by atoms with Crippen molar-refractivity contribution in [3.8, 4) is 0 Å². The molecule has 0 aliphatic rings. The highest BCUT2D eigenvalue weighted by Gasteiger charge is 2.24. The van der Waals surface area contributed by atoms with Crippen molar-refractivity contribution in [1.82, 2.24) is 15.3 Å². The standard InChI is InChI=1S/C16H19F2N3/c1-4-7-19-15(16-20-8-10(2)9-21-16)13-12(17)6-5-11(3)14(13)18/h5-6,8-9,15,19H,4,7H2,1-3H3. The highest BCUT2D eigenvalue weighted by Crippen LogP contribution is 2.26. The van der Waals surface area contributed by atoms with Gasteiger partial charge in [0.25, 0.3) is 0 Å². The van der Waals surface area contributed by atoms with Crippen LogP contribution >= 0.6 is 0 Å². The molecule has 1 atom stereocenters. The molecule has 1 aromatic carbocycles. The van der Waals surface area contributed by atoms with Gasteiger partial charge in [0.15, 0.2) is 0 Å². The molecule has 1 aromatic heterocycles. The summed E-state index contributed by atoms with van der Waals surface area (Å²) in [5.74, 6) is -0.763. The lowest BCUT2D eigenvalue weighted by atomic mass is 10.0. The average Bonchev–Trinajstić information content (AvgIpc) is 2.48. The van der Waals surface area contributed by atoms with Crippen molar-refractivity contribution in [1.29, 1.82) is 0 Å². The summed E-state index contributed by atoms with van der Waals surface area (Å²) in [5.41, 5.74) is 1.28. The van der Waals surface area contributed by atoms with Gasteiger partial charge in [-0.1, -0.05) is 13.0 Å². The molecule has 0 aliphatic heterocycles. The fraction of sp³-hybridized carbons (Fsp3) is 0.375. The lowest BCUT2D eigenvalue weighted by Crippen LogP contribution is -2.27. The smallest absolute Gasteiger partial charge is 0.149 e. The fourth-order valence-corrected chi connectivity index (χ4v) is 2.11. The Morgan fingerprint density at radius 2 is 1.81 bits per heavy atom. The van der Waals surface area contributed by atoms with Crippen LogP contribution in [0.25, 0.3) is 0 Å². The van der Waals surface area contributed by atoms with Gasteiger partial charge in [-0.15, -0.1) is 0 Å². The van der Waals surface area contributed by atoms with Crippen LogP contribution < -0.4 is 5.32 Å². The molecule has 112 valence electrons. The van der Waals surface area contributed by atoms with Crippen LogP contribution in [0.15, 0.2) is 24.5 Å². The maximum atomic E-state index is 14.4. The van der Waals surface area contributed by atoms with Crippen LogP contribution in [-0.2, 0) is 0 Å². The van der Waals surface area contributed by atoms with Gasteiger partial charge in [-0.25, -0.2) is 18.7 Å². The van der Waals surface area contributed by atoms with Gasteiger partial charge >= 0.3 is 0 Å². The highest BCUT2D eigenvalue weighted by atomic mass is 19.1. The minimum Gasteiger partial charge on any atom is -0.303 e. The lowest BCUT2D eigenvalue weighted by molar-refractivity contribution is 0.487. The molecule has 1 heterocycles. The Morgan fingerprint density at radius 1 is 1.14 bits per heavy atom. The molecule has 0 amide bonds. The largest absolute Gasteiger partial charge is 0.303 e. The maximum Gasteiger partial charge on any atom is 0.149 e. The van der Waals surface area contributed by atoms with E-state index in [0.717, 1.165) is 12.0 Å². The number of halogens is 2. The van der Waals surface area contributed by atoms with E-state index in [4.69, 9.17) is 0 Å². The van der Waals surface area contributed by atoms with Crippen molar-refractivity contribution in [3.05, 3.63) is 58.7 Å². The summed E-state index contributed by atoms with van der Waals surface area (Å²) in [6.07, 6.45) is 4.14. The SMILES string of the molecule is CCCNC(c1ncc(C)cn1)c1c(F)ccc(C)c1F. The summed E-state index contributed by atoms with van der Waals surface area (Å²) in [6, 6.07) is 2.02. The molecule has 1 N–H and O–H groups in total. The summed E-state index contributed by atoms with van der Waals surface area (Å²) in [7, 11) is 0. The lowest BCUT2D eigenvalue weighted by Gasteiger charge is -2.19. The van der Waals surface area contributed by atoms with Gasteiger partial charge in [0.05, 0.1) is 6.04 Å². The van der Waals surface area contributed by atoms with Crippen LogP contribution in [0.3, 0.4) is 0 Å². The number of nitrogens with one attached hydrogen (secondary N) is 1. The Bertz CT molecular complexity index is 612. The van der Waals surface area contributed by atoms with E-state index in [1.807, 2.05) is 13.8 Å². The summed E-state index contributed by atoms with van der Waals surface area (Å²) >= 11 is 0. The van der Waals surface area contributed by atoms with Gasteiger partial charge in [0.1, 0.15) is 17.5 Å². The van der Waals surface area contributed by atoms with Gasteiger partial charge in [0, 0.05) is 18.0 Å². The van der Waals surface area contributed by atoms with Crippen LogP contribution in [0, 0.1) is 25.5 Å². The predicted molar refractivity (Wildman–Crippen MR) is 78.0 cm³/mol. The van der Waals surface area contributed by atoms with Crippen molar-refractivity contribution in [3.63, 3.8) is 0 Å². The molecule has 0 radical (unpaired) electrons. The van der Waals surface area contributed by atoms with Crippen molar-refractivity contribution in [2.45, 2.75) is 33.2 Å². The van der Waals surface area contributed by atoms with E-state index in [1.165, 1.54) is 12.1 Å². The number of aromatic nitrogens is 2. The molecular weight excluding hydrogens is 272 g/mol. The van der Waals surface area contributed by atoms with Gasteiger partial charge in [-0.2, -0.15) is 0 Å². The van der Waals surface area contributed by atoms with Gasteiger partial charge in [-0.3, -0.25) is 0 Å². The molecule has 0 aliphatic carbocycles. The zero-order valence-corrected chi connectivity index (χ0v) is 12.5. The Morgan fingerprint density at radius 3 is 2.43 bits per heavy atom. The van der Waals surface area contributed by atoms with E-state index in [9.17, 15) is 8.78 Å². The number of rotatable bonds is 5. The number of aryl methyl sites for hydroxylation is 2. The van der Waals surface area contributed by atoms with E-state index in [-0.39, 0.29) is 5.56 Å². The number of hydrogen-bond donors (Lipinski definition) is 1. The van der Waals surface area contributed by atoms with Crippen molar-refractivity contribution in [2.75, 3.05) is 6.54 Å². The van der Waals surface area contributed by atoms with Crippen LogP contribution in [0.2, 0.25) is 0 Å². The minimum absolute atomic E-state index is 0.0210. The minimum atomic E-state index is -0.689. The zero-order chi connectivity index (χ0) is 15.4. The van der Waals surface area contributed by atoms with Crippen LogP contribution in [-0.4, -0.2) is 16.5 Å². The molecular formula is C16H19F2N3. The molecule has 5 heteroatoms. The number of benzene rings is 1. The Kier molecular flexibility index (Phi) is 4.96. The first-order chi connectivity index (χ1) is 10.0. The first-order valence-corrected chi connectivity index (χ1v) is 7.01. The van der Waals surface area contributed by atoms with Crippen molar-refractivity contribution < 1.29 is 8.78 Å².